The monoisotopic (exact) mass is 331 g/mol. The highest BCUT2D eigenvalue weighted by atomic mass is 32.2. The van der Waals surface area contributed by atoms with E-state index in [2.05, 4.69) is 42.2 Å². The summed E-state index contributed by atoms with van der Waals surface area (Å²) < 4.78 is 5.89. The second kappa shape index (κ2) is 7.93. The molecule has 0 saturated heterocycles. The van der Waals surface area contributed by atoms with Crippen molar-refractivity contribution < 1.29 is 4.74 Å². The lowest BCUT2D eigenvalue weighted by Gasteiger charge is -2.07. The predicted molar refractivity (Wildman–Crippen MR) is 95.2 cm³/mol. The van der Waals surface area contributed by atoms with Crippen LogP contribution in [0.25, 0.3) is 0 Å². The molecule has 0 radical (unpaired) electrons. The summed E-state index contributed by atoms with van der Waals surface area (Å²) >= 11 is 3.85. The SMILES string of the molecule is CC1Cc2ccc(OCCCCSc3ccncc3)cc2S1. The van der Waals surface area contributed by atoms with E-state index in [9.17, 15) is 0 Å². The minimum absolute atomic E-state index is 0.704. The van der Waals surface area contributed by atoms with Gasteiger partial charge in [0, 0.05) is 27.4 Å². The molecule has 0 spiro atoms. The molecule has 2 heterocycles. The molecule has 0 N–H and O–H groups in total. The van der Waals surface area contributed by atoms with E-state index in [-0.39, 0.29) is 0 Å². The van der Waals surface area contributed by atoms with Crippen molar-refractivity contribution in [2.75, 3.05) is 12.4 Å². The molecule has 0 fully saturated rings. The summed E-state index contributed by atoms with van der Waals surface area (Å²) in [6, 6.07) is 10.7. The van der Waals surface area contributed by atoms with Crippen molar-refractivity contribution in [3.05, 3.63) is 48.3 Å². The summed E-state index contributed by atoms with van der Waals surface area (Å²) in [5.74, 6) is 2.15. The van der Waals surface area contributed by atoms with Gasteiger partial charge in [-0.3, -0.25) is 4.98 Å². The number of unbranched alkanes of at least 4 members (excludes halogenated alkanes) is 1. The molecule has 116 valence electrons. The number of nitrogens with zero attached hydrogens (tertiary/aromatic N) is 1. The summed E-state index contributed by atoms with van der Waals surface area (Å²) in [6.07, 6.45) is 7.14. The number of thioether (sulfide) groups is 2. The Balaban J connectivity index is 1.35. The third kappa shape index (κ3) is 4.43. The number of benzene rings is 1. The maximum absolute atomic E-state index is 5.89. The Morgan fingerprint density at radius 3 is 2.95 bits per heavy atom. The summed E-state index contributed by atoms with van der Waals surface area (Å²) in [4.78, 5) is 6.72. The Labute approximate surface area is 141 Å². The maximum Gasteiger partial charge on any atom is 0.120 e. The third-order valence-corrected chi connectivity index (χ3v) is 5.90. The van der Waals surface area contributed by atoms with Gasteiger partial charge >= 0.3 is 0 Å². The van der Waals surface area contributed by atoms with E-state index in [0.29, 0.717) is 5.25 Å². The lowest BCUT2D eigenvalue weighted by molar-refractivity contribution is 0.309. The standard InChI is InChI=1S/C18H21NOS2/c1-14-12-15-4-5-16(13-18(15)22-14)20-10-2-3-11-21-17-6-8-19-9-7-17/h4-9,13-14H,2-3,10-12H2,1H3. The Morgan fingerprint density at radius 1 is 1.23 bits per heavy atom. The molecule has 0 bridgehead atoms. The van der Waals surface area contributed by atoms with Crippen LogP contribution in [0.15, 0.2) is 52.5 Å². The molecule has 4 heteroatoms. The van der Waals surface area contributed by atoms with Crippen molar-refractivity contribution in [1.29, 1.82) is 0 Å². The van der Waals surface area contributed by atoms with Crippen LogP contribution in [0.4, 0.5) is 0 Å². The minimum atomic E-state index is 0.704. The molecule has 1 atom stereocenters. The van der Waals surface area contributed by atoms with Gasteiger partial charge in [-0.25, -0.2) is 0 Å². The molecular formula is C18H21NOS2. The molecule has 2 nitrogen and oxygen atoms in total. The quantitative estimate of drug-likeness (QED) is 0.522. The second-order valence-corrected chi connectivity index (χ2v) is 8.14. The average molecular weight is 332 g/mol. The van der Waals surface area contributed by atoms with Crippen molar-refractivity contribution in [2.45, 2.75) is 41.2 Å². The zero-order chi connectivity index (χ0) is 15.2. The van der Waals surface area contributed by atoms with Gasteiger partial charge in [0.2, 0.25) is 0 Å². The normalized spacial score (nSPS) is 16.5. The molecule has 0 amide bonds. The molecule has 22 heavy (non-hydrogen) atoms. The Bertz CT molecular complexity index is 603. The van der Waals surface area contributed by atoms with Crippen molar-refractivity contribution >= 4 is 23.5 Å². The van der Waals surface area contributed by atoms with Gasteiger partial charge in [0.1, 0.15) is 5.75 Å². The molecule has 1 aliphatic heterocycles. The first-order chi connectivity index (χ1) is 10.8. The molecule has 1 aliphatic rings. The smallest absolute Gasteiger partial charge is 0.120 e. The van der Waals surface area contributed by atoms with Crippen molar-refractivity contribution in [2.24, 2.45) is 0 Å². The molecule has 2 aromatic rings. The predicted octanol–water partition coefficient (Wildman–Crippen LogP) is 5.07. The number of ether oxygens (including phenoxy) is 1. The second-order valence-electron chi connectivity index (χ2n) is 5.49. The fourth-order valence-electron chi connectivity index (χ4n) is 2.49. The van der Waals surface area contributed by atoms with Crippen LogP contribution in [-0.4, -0.2) is 22.6 Å². The molecule has 3 rings (SSSR count). The highest BCUT2D eigenvalue weighted by molar-refractivity contribution is 8.00. The van der Waals surface area contributed by atoms with Crippen LogP contribution in [-0.2, 0) is 6.42 Å². The van der Waals surface area contributed by atoms with Crippen molar-refractivity contribution in [3.8, 4) is 5.75 Å². The van der Waals surface area contributed by atoms with E-state index < -0.39 is 0 Å². The molecule has 0 aliphatic carbocycles. The maximum atomic E-state index is 5.89. The largest absolute Gasteiger partial charge is 0.494 e. The first kappa shape index (κ1) is 15.8. The van der Waals surface area contributed by atoms with E-state index in [1.54, 1.807) is 0 Å². The zero-order valence-corrected chi connectivity index (χ0v) is 14.5. The average Bonchev–Trinajstić information content (AvgIpc) is 2.91. The number of hydrogen-bond donors (Lipinski definition) is 0. The fourth-order valence-corrected chi connectivity index (χ4v) is 4.57. The van der Waals surface area contributed by atoms with E-state index in [0.717, 1.165) is 24.5 Å². The Morgan fingerprint density at radius 2 is 2.09 bits per heavy atom. The Kier molecular flexibility index (Phi) is 5.68. The lowest BCUT2D eigenvalue weighted by atomic mass is 10.1. The van der Waals surface area contributed by atoms with Crippen LogP contribution in [0.3, 0.4) is 0 Å². The van der Waals surface area contributed by atoms with Gasteiger partial charge < -0.3 is 4.74 Å². The summed E-state index contributed by atoms with van der Waals surface area (Å²) in [6.45, 7) is 3.08. The summed E-state index contributed by atoms with van der Waals surface area (Å²) in [7, 11) is 0. The van der Waals surface area contributed by atoms with Crippen LogP contribution in [0.2, 0.25) is 0 Å². The van der Waals surface area contributed by atoms with Gasteiger partial charge in [-0.2, -0.15) is 0 Å². The highest BCUT2D eigenvalue weighted by Crippen LogP contribution is 2.38. The van der Waals surface area contributed by atoms with Gasteiger partial charge in [0.05, 0.1) is 6.61 Å². The number of rotatable bonds is 7. The van der Waals surface area contributed by atoms with Crippen LogP contribution >= 0.6 is 23.5 Å². The lowest BCUT2D eigenvalue weighted by Crippen LogP contribution is -1.98. The van der Waals surface area contributed by atoms with Crippen LogP contribution in [0, 0.1) is 0 Å². The van der Waals surface area contributed by atoms with Crippen molar-refractivity contribution in [3.63, 3.8) is 0 Å². The first-order valence-corrected chi connectivity index (χ1v) is 9.63. The van der Waals surface area contributed by atoms with Crippen LogP contribution in [0.5, 0.6) is 5.75 Å². The van der Waals surface area contributed by atoms with Gasteiger partial charge in [0.15, 0.2) is 0 Å². The number of hydrogen-bond acceptors (Lipinski definition) is 4. The fraction of sp³-hybridized carbons (Fsp3) is 0.389. The Hall–Kier alpha value is -1.13. The van der Waals surface area contributed by atoms with Gasteiger partial charge in [0.25, 0.3) is 0 Å². The molecule has 1 aromatic heterocycles. The highest BCUT2D eigenvalue weighted by Gasteiger charge is 2.18. The first-order valence-electron chi connectivity index (χ1n) is 7.76. The summed E-state index contributed by atoms with van der Waals surface area (Å²) in [5.41, 5.74) is 1.47. The molecular weight excluding hydrogens is 310 g/mol. The van der Waals surface area contributed by atoms with E-state index in [4.69, 9.17) is 4.74 Å². The topological polar surface area (TPSA) is 22.1 Å². The third-order valence-electron chi connectivity index (χ3n) is 3.60. The van der Waals surface area contributed by atoms with Crippen molar-refractivity contribution in [1.82, 2.24) is 4.98 Å². The van der Waals surface area contributed by atoms with E-state index in [1.165, 1.54) is 28.2 Å². The number of aromatic nitrogens is 1. The van der Waals surface area contributed by atoms with E-state index in [1.807, 2.05) is 35.9 Å². The summed E-state index contributed by atoms with van der Waals surface area (Å²) in [5, 5.41) is 0.704. The van der Waals surface area contributed by atoms with Crippen LogP contribution in [0.1, 0.15) is 25.3 Å². The molecule has 1 unspecified atom stereocenters. The number of fused-ring (bicyclic) bond motifs is 1. The minimum Gasteiger partial charge on any atom is -0.494 e. The number of pyridine rings is 1. The molecule has 1 aromatic carbocycles. The van der Waals surface area contributed by atoms with Gasteiger partial charge in [-0.1, -0.05) is 13.0 Å². The zero-order valence-electron chi connectivity index (χ0n) is 12.8. The van der Waals surface area contributed by atoms with Crippen LogP contribution < -0.4 is 4.74 Å². The van der Waals surface area contributed by atoms with E-state index >= 15 is 0 Å². The molecule has 0 saturated carbocycles. The van der Waals surface area contributed by atoms with Gasteiger partial charge in [-0.05, 0) is 54.8 Å². The van der Waals surface area contributed by atoms with Gasteiger partial charge in [-0.15, -0.1) is 23.5 Å².